The van der Waals surface area contributed by atoms with Crippen molar-refractivity contribution in [3.05, 3.63) is 42.5 Å². The highest BCUT2D eigenvalue weighted by atomic mass is 16.5. The van der Waals surface area contributed by atoms with Crippen molar-refractivity contribution in [1.29, 1.82) is 0 Å². The van der Waals surface area contributed by atoms with E-state index in [1.54, 1.807) is 54.5 Å². The van der Waals surface area contributed by atoms with Gasteiger partial charge in [0, 0.05) is 11.8 Å². The lowest BCUT2D eigenvalue weighted by molar-refractivity contribution is -0.119. The minimum Gasteiger partial charge on any atom is -0.497 e. The molecule has 0 aromatic heterocycles. The summed E-state index contributed by atoms with van der Waals surface area (Å²) in [6.07, 6.45) is 0. The predicted molar refractivity (Wildman–Crippen MR) is 121 cm³/mol. The van der Waals surface area contributed by atoms with Crippen LogP contribution in [0.3, 0.4) is 0 Å². The molecule has 0 atom stereocenters. The van der Waals surface area contributed by atoms with E-state index in [0.717, 1.165) is 0 Å². The molecule has 0 saturated heterocycles. The summed E-state index contributed by atoms with van der Waals surface area (Å²) in [7, 11) is 1.59. The molecule has 2 amide bonds. The highest BCUT2D eigenvalue weighted by Crippen LogP contribution is 2.29. The number of likely N-dealkylation sites (N-methyl/N-ethyl adjacent to an activating group) is 1. The van der Waals surface area contributed by atoms with Gasteiger partial charge < -0.3 is 24.8 Å². The molecular weight excluding hydrogens is 398 g/mol. The molecule has 2 N–H and O–H groups in total. The number of amides is 2. The summed E-state index contributed by atoms with van der Waals surface area (Å²) in [6, 6.07) is 12.4. The monoisotopic (exact) mass is 429 g/mol. The molecule has 0 aliphatic carbocycles. The molecule has 0 aliphatic rings. The SMILES string of the molecule is CCOc1ccc(OCC)c(NC(=O)CN(CC)CC(=O)Nc2ccc(OC)cc2)c1. The normalized spacial score (nSPS) is 10.5. The Balaban J connectivity index is 1.95. The number of anilines is 2. The van der Waals surface area contributed by atoms with Gasteiger partial charge in [-0.05, 0) is 56.8 Å². The zero-order valence-electron chi connectivity index (χ0n) is 18.6. The van der Waals surface area contributed by atoms with Crippen molar-refractivity contribution < 1.29 is 23.8 Å². The van der Waals surface area contributed by atoms with Gasteiger partial charge in [-0.1, -0.05) is 6.92 Å². The highest BCUT2D eigenvalue weighted by molar-refractivity contribution is 5.95. The largest absolute Gasteiger partial charge is 0.497 e. The van der Waals surface area contributed by atoms with Gasteiger partial charge in [0.1, 0.15) is 17.2 Å². The Hall–Kier alpha value is -3.26. The first-order chi connectivity index (χ1) is 15.0. The maximum Gasteiger partial charge on any atom is 0.238 e. The average Bonchev–Trinajstić information content (AvgIpc) is 2.76. The number of hydrogen-bond acceptors (Lipinski definition) is 6. The fourth-order valence-corrected chi connectivity index (χ4v) is 2.89. The van der Waals surface area contributed by atoms with E-state index in [4.69, 9.17) is 14.2 Å². The summed E-state index contributed by atoms with van der Waals surface area (Å²) >= 11 is 0. The van der Waals surface area contributed by atoms with Crippen LogP contribution in [-0.4, -0.2) is 56.7 Å². The van der Waals surface area contributed by atoms with E-state index in [1.165, 1.54) is 0 Å². The van der Waals surface area contributed by atoms with Gasteiger partial charge in [-0.25, -0.2) is 0 Å². The van der Waals surface area contributed by atoms with Crippen molar-refractivity contribution in [2.24, 2.45) is 0 Å². The van der Waals surface area contributed by atoms with Crippen LogP contribution < -0.4 is 24.8 Å². The minimum atomic E-state index is -0.242. The quantitative estimate of drug-likeness (QED) is 0.538. The molecular formula is C23H31N3O5. The van der Waals surface area contributed by atoms with Crippen molar-refractivity contribution in [2.75, 3.05) is 50.6 Å². The van der Waals surface area contributed by atoms with Crippen molar-refractivity contribution in [3.63, 3.8) is 0 Å². The van der Waals surface area contributed by atoms with Crippen LogP contribution >= 0.6 is 0 Å². The summed E-state index contributed by atoms with van der Waals surface area (Å²) in [4.78, 5) is 26.8. The van der Waals surface area contributed by atoms with Crippen molar-refractivity contribution in [3.8, 4) is 17.2 Å². The molecule has 0 heterocycles. The minimum absolute atomic E-state index is 0.0664. The maximum absolute atomic E-state index is 12.6. The zero-order valence-corrected chi connectivity index (χ0v) is 18.6. The van der Waals surface area contributed by atoms with Gasteiger partial charge in [-0.3, -0.25) is 14.5 Å². The number of nitrogens with one attached hydrogen (secondary N) is 2. The van der Waals surface area contributed by atoms with Gasteiger partial charge in [0.05, 0.1) is 39.1 Å². The maximum atomic E-state index is 12.6. The summed E-state index contributed by atoms with van der Waals surface area (Å²) in [6.45, 7) is 7.37. The lowest BCUT2D eigenvalue weighted by Gasteiger charge is -2.20. The number of ether oxygens (including phenoxy) is 3. The molecule has 2 rings (SSSR count). The molecule has 168 valence electrons. The van der Waals surface area contributed by atoms with Crippen LogP contribution in [-0.2, 0) is 9.59 Å². The lowest BCUT2D eigenvalue weighted by atomic mass is 10.2. The Labute approximate surface area is 183 Å². The first kappa shape index (κ1) is 24.0. The first-order valence-electron chi connectivity index (χ1n) is 10.3. The third kappa shape index (κ3) is 7.82. The molecule has 8 heteroatoms. The highest BCUT2D eigenvalue weighted by Gasteiger charge is 2.15. The Kier molecular flexibility index (Phi) is 9.64. The van der Waals surface area contributed by atoms with Gasteiger partial charge in [0.2, 0.25) is 11.8 Å². The zero-order chi connectivity index (χ0) is 22.6. The molecule has 2 aromatic rings. The molecule has 0 saturated carbocycles. The van der Waals surface area contributed by atoms with Crippen LogP contribution in [0.25, 0.3) is 0 Å². The fourth-order valence-electron chi connectivity index (χ4n) is 2.89. The molecule has 0 unspecified atom stereocenters. The van der Waals surface area contributed by atoms with E-state index in [1.807, 2.05) is 20.8 Å². The number of nitrogens with zero attached hydrogens (tertiary/aromatic N) is 1. The topological polar surface area (TPSA) is 89.1 Å². The third-order valence-electron chi connectivity index (χ3n) is 4.39. The van der Waals surface area contributed by atoms with Crippen molar-refractivity contribution in [1.82, 2.24) is 4.90 Å². The molecule has 0 aliphatic heterocycles. The van der Waals surface area contributed by atoms with E-state index in [-0.39, 0.29) is 24.9 Å². The van der Waals surface area contributed by atoms with E-state index in [2.05, 4.69) is 10.6 Å². The molecule has 0 spiro atoms. The number of benzene rings is 2. The lowest BCUT2D eigenvalue weighted by Crippen LogP contribution is -2.38. The molecule has 0 fully saturated rings. The van der Waals surface area contributed by atoms with Crippen LogP contribution in [0.15, 0.2) is 42.5 Å². The predicted octanol–water partition coefficient (Wildman–Crippen LogP) is 3.39. The molecule has 8 nitrogen and oxygen atoms in total. The number of hydrogen-bond donors (Lipinski definition) is 2. The third-order valence-corrected chi connectivity index (χ3v) is 4.39. The molecule has 0 radical (unpaired) electrons. The van der Waals surface area contributed by atoms with Crippen LogP contribution in [0.4, 0.5) is 11.4 Å². The summed E-state index contributed by atoms with van der Waals surface area (Å²) in [5.41, 5.74) is 1.21. The van der Waals surface area contributed by atoms with Crippen LogP contribution in [0.5, 0.6) is 17.2 Å². The van der Waals surface area contributed by atoms with Crippen LogP contribution in [0, 0.1) is 0 Å². The molecule has 0 bridgehead atoms. The van der Waals surface area contributed by atoms with E-state index < -0.39 is 0 Å². The van der Waals surface area contributed by atoms with E-state index in [9.17, 15) is 9.59 Å². The van der Waals surface area contributed by atoms with E-state index >= 15 is 0 Å². The molecule has 2 aromatic carbocycles. The van der Waals surface area contributed by atoms with Gasteiger partial charge in [0.25, 0.3) is 0 Å². The van der Waals surface area contributed by atoms with Gasteiger partial charge in [-0.15, -0.1) is 0 Å². The summed E-state index contributed by atoms with van der Waals surface area (Å²) < 4.78 is 16.2. The van der Waals surface area contributed by atoms with Gasteiger partial charge in [-0.2, -0.15) is 0 Å². The standard InChI is InChI=1S/C23H31N3O5/c1-5-26(15-22(27)24-17-8-10-18(29-4)11-9-17)16-23(28)25-20-14-19(30-6-2)12-13-21(20)31-7-3/h8-14H,5-7,15-16H2,1-4H3,(H,24,27)(H,25,28). The van der Waals surface area contributed by atoms with Crippen molar-refractivity contribution >= 4 is 23.2 Å². The summed E-state index contributed by atoms with van der Waals surface area (Å²) in [5.74, 6) is 1.48. The second kappa shape index (κ2) is 12.4. The Morgan fingerprint density at radius 2 is 1.45 bits per heavy atom. The number of methoxy groups -OCH3 is 1. The van der Waals surface area contributed by atoms with Crippen molar-refractivity contribution in [2.45, 2.75) is 20.8 Å². The average molecular weight is 430 g/mol. The number of rotatable bonds is 12. The van der Waals surface area contributed by atoms with Crippen LogP contribution in [0.2, 0.25) is 0 Å². The smallest absolute Gasteiger partial charge is 0.238 e. The fraction of sp³-hybridized carbons (Fsp3) is 0.391. The van der Waals surface area contributed by atoms with Gasteiger partial charge in [0.15, 0.2) is 0 Å². The first-order valence-corrected chi connectivity index (χ1v) is 10.3. The summed E-state index contributed by atoms with van der Waals surface area (Å²) in [5, 5.41) is 5.69. The van der Waals surface area contributed by atoms with E-state index in [0.29, 0.717) is 48.4 Å². The molecule has 31 heavy (non-hydrogen) atoms. The number of carbonyl (C=O) groups excluding carboxylic acids is 2. The van der Waals surface area contributed by atoms with Gasteiger partial charge >= 0.3 is 0 Å². The Bertz CT molecular complexity index is 855. The second-order valence-corrected chi connectivity index (χ2v) is 6.65. The Morgan fingerprint density at radius 3 is 2.03 bits per heavy atom. The van der Waals surface area contributed by atoms with Crippen LogP contribution in [0.1, 0.15) is 20.8 Å². The Morgan fingerprint density at radius 1 is 0.839 bits per heavy atom. The second-order valence-electron chi connectivity index (χ2n) is 6.65. The number of carbonyl (C=O) groups is 2.